The van der Waals surface area contributed by atoms with Gasteiger partial charge >= 0.3 is 0 Å². The van der Waals surface area contributed by atoms with Gasteiger partial charge in [0, 0.05) is 19.7 Å². The average Bonchev–Trinajstić information content (AvgIpc) is 2.95. The average molecular weight is 288 g/mol. The minimum atomic E-state index is 0.364. The monoisotopic (exact) mass is 288 g/mol. The van der Waals surface area contributed by atoms with Crippen LogP contribution in [0.15, 0.2) is 18.2 Å². The zero-order valence-electron chi connectivity index (χ0n) is 13.1. The third kappa shape index (κ3) is 3.96. The Morgan fingerprint density at radius 1 is 1.48 bits per heavy atom. The van der Waals surface area contributed by atoms with E-state index in [1.807, 2.05) is 18.2 Å². The van der Waals surface area contributed by atoms with Gasteiger partial charge in [0.15, 0.2) is 0 Å². The van der Waals surface area contributed by atoms with Crippen molar-refractivity contribution in [2.45, 2.75) is 32.9 Å². The molecular formula is C17H24N2O2. The largest absolute Gasteiger partial charge is 0.495 e. The van der Waals surface area contributed by atoms with Gasteiger partial charge in [0.05, 0.1) is 18.8 Å². The molecule has 0 aromatic heterocycles. The fourth-order valence-electron chi connectivity index (χ4n) is 2.97. The number of benzene rings is 1. The van der Waals surface area contributed by atoms with Crippen LogP contribution in [0.1, 0.15) is 31.4 Å². The van der Waals surface area contributed by atoms with E-state index in [0.29, 0.717) is 29.3 Å². The first kappa shape index (κ1) is 15.8. The number of methoxy groups -OCH3 is 1. The molecule has 0 bridgehead atoms. The van der Waals surface area contributed by atoms with Crippen LogP contribution in [0, 0.1) is 23.2 Å². The maximum absolute atomic E-state index is 9.10. The van der Waals surface area contributed by atoms with Gasteiger partial charge in [-0.05, 0) is 36.0 Å². The van der Waals surface area contributed by atoms with Crippen LogP contribution in [0.3, 0.4) is 0 Å². The van der Waals surface area contributed by atoms with Crippen molar-refractivity contribution < 1.29 is 9.47 Å². The van der Waals surface area contributed by atoms with Crippen LogP contribution in [0.2, 0.25) is 0 Å². The Labute approximate surface area is 127 Å². The normalized spacial score (nSPS) is 21.5. The molecule has 0 spiro atoms. The minimum absolute atomic E-state index is 0.364. The molecule has 4 nitrogen and oxygen atoms in total. The van der Waals surface area contributed by atoms with E-state index >= 15 is 0 Å². The number of nitriles is 1. The lowest BCUT2D eigenvalue weighted by Crippen LogP contribution is -2.31. The summed E-state index contributed by atoms with van der Waals surface area (Å²) < 4.78 is 11.0. The van der Waals surface area contributed by atoms with Crippen LogP contribution in [-0.4, -0.2) is 26.4 Å². The first-order chi connectivity index (χ1) is 10.2. The highest BCUT2D eigenvalue weighted by molar-refractivity contribution is 5.45. The van der Waals surface area contributed by atoms with Crippen LogP contribution < -0.4 is 10.1 Å². The molecule has 1 fully saturated rings. The second-order valence-electron chi connectivity index (χ2n) is 5.91. The zero-order chi connectivity index (χ0) is 15.2. The van der Waals surface area contributed by atoms with Gasteiger partial charge in [-0.3, -0.25) is 0 Å². The Bertz CT molecular complexity index is 508. The molecular weight excluding hydrogens is 264 g/mol. The zero-order valence-corrected chi connectivity index (χ0v) is 13.1. The molecule has 1 heterocycles. The van der Waals surface area contributed by atoms with Crippen LogP contribution >= 0.6 is 0 Å². The summed E-state index contributed by atoms with van der Waals surface area (Å²) in [6.07, 6.45) is 1.49. The van der Waals surface area contributed by atoms with Crippen molar-refractivity contribution in [1.82, 2.24) is 5.32 Å². The Kier molecular flexibility index (Phi) is 5.60. The highest BCUT2D eigenvalue weighted by Gasteiger charge is 2.30. The van der Waals surface area contributed by atoms with Gasteiger partial charge in [-0.2, -0.15) is 5.26 Å². The number of nitrogens with zero attached hydrogens (tertiary/aromatic N) is 1. The lowest BCUT2D eigenvalue weighted by atomic mass is 9.93. The summed E-state index contributed by atoms with van der Waals surface area (Å²) in [6, 6.07) is 7.90. The Hall–Kier alpha value is -1.57. The summed E-state index contributed by atoms with van der Waals surface area (Å²) in [5.41, 5.74) is 1.69. The van der Waals surface area contributed by atoms with Gasteiger partial charge in [0.1, 0.15) is 11.8 Å². The fourth-order valence-corrected chi connectivity index (χ4v) is 2.97. The smallest absolute Gasteiger partial charge is 0.136 e. The van der Waals surface area contributed by atoms with E-state index < -0.39 is 0 Å². The lowest BCUT2D eigenvalue weighted by Gasteiger charge is -2.22. The molecule has 0 unspecified atom stereocenters. The molecule has 1 N–H and O–H groups in total. The van der Waals surface area contributed by atoms with Crippen molar-refractivity contribution in [1.29, 1.82) is 5.26 Å². The molecule has 114 valence electrons. The van der Waals surface area contributed by atoms with Crippen LogP contribution in [-0.2, 0) is 11.3 Å². The molecule has 0 amide bonds. The second-order valence-corrected chi connectivity index (χ2v) is 5.91. The molecule has 1 saturated heterocycles. The third-order valence-corrected chi connectivity index (χ3v) is 4.04. The molecule has 0 aliphatic carbocycles. The van der Waals surface area contributed by atoms with Gasteiger partial charge in [0.25, 0.3) is 0 Å². The molecule has 21 heavy (non-hydrogen) atoms. The molecule has 1 aliphatic rings. The van der Waals surface area contributed by atoms with E-state index in [-0.39, 0.29) is 0 Å². The number of hydrogen-bond donors (Lipinski definition) is 1. The molecule has 2 atom stereocenters. The van der Waals surface area contributed by atoms with Gasteiger partial charge in [-0.15, -0.1) is 0 Å². The van der Waals surface area contributed by atoms with E-state index in [1.54, 1.807) is 7.11 Å². The Balaban J connectivity index is 1.88. The number of hydrogen-bond acceptors (Lipinski definition) is 4. The Morgan fingerprint density at radius 3 is 2.95 bits per heavy atom. The molecule has 0 saturated carbocycles. The minimum Gasteiger partial charge on any atom is -0.495 e. The van der Waals surface area contributed by atoms with Gasteiger partial charge in [-0.1, -0.05) is 19.9 Å². The standard InChI is InChI=1S/C17H24N2O2/c1-12(2)17-14(6-7-21-17)11-19-10-13-4-5-16(20-3)15(8-13)9-18/h4-5,8,12,14,17,19H,6-7,10-11H2,1-3H3/t14-,17-/m1/s1. The summed E-state index contributed by atoms with van der Waals surface area (Å²) in [5, 5.41) is 12.6. The third-order valence-electron chi connectivity index (χ3n) is 4.04. The summed E-state index contributed by atoms with van der Waals surface area (Å²) in [4.78, 5) is 0. The maximum Gasteiger partial charge on any atom is 0.136 e. The van der Waals surface area contributed by atoms with Crippen molar-refractivity contribution in [2.75, 3.05) is 20.3 Å². The maximum atomic E-state index is 9.10. The summed E-state index contributed by atoms with van der Waals surface area (Å²) in [6.45, 7) is 7.02. The van der Waals surface area contributed by atoms with E-state index in [2.05, 4.69) is 25.2 Å². The predicted octanol–water partition coefficient (Wildman–Crippen LogP) is 2.72. The number of rotatable bonds is 6. The van der Waals surface area contributed by atoms with Crippen molar-refractivity contribution >= 4 is 0 Å². The Morgan fingerprint density at radius 2 is 2.29 bits per heavy atom. The first-order valence-electron chi connectivity index (χ1n) is 7.55. The highest BCUT2D eigenvalue weighted by Crippen LogP contribution is 2.26. The topological polar surface area (TPSA) is 54.3 Å². The fraction of sp³-hybridized carbons (Fsp3) is 0.588. The SMILES string of the molecule is COc1ccc(CNC[C@H]2CCO[C@@H]2C(C)C)cc1C#N. The summed E-state index contributed by atoms with van der Waals surface area (Å²) >= 11 is 0. The molecule has 1 aliphatic heterocycles. The van der Waals surface area contributed by atoms with E-state index in [0.717, 1.165) is 31.7 Å². The van der Waals surface area contributed by atoms with Gasteiger partial charge in [-0.25, -0.2) is 0 Å². The van der Waals surface area contributed by atoms with Crippen molar-refractivity contribution in [3.05, 3.63) is 29.3 Å². The number of nitrogens with one attached hydrogen (secondary N) is 1. The van der Waals surface area contributed by atoms with Crippen LogP contribution in [0.5, 0.6) is 5.75 Å². The molecule has 1 aromatic carbocycles. The number of ether oxygens (including phenoxy) is 2. The van der Waals surface area contributed by atoms with Crippen molar-refractivity contribution in [2.24, 2.45) is 11.8 Å². The van der Waals surface area contributed by atoms with E-state index in [1.165, 1.54) is 0 Å². The van der Waals surface area contributed by atoms with E-state index in [4.69, 9.17) is 14.7 Å². The quantitative estimate of drug-likeness (QED) is 0.874. The molecule has 2 rings (SSSR count). The second kappa shape index (κ2) is 7.44. The molecule has 4 heteroatoms. The molecule has 1 aromatic rings. The van der Waals surface area contributed by atoms with Crippen molar-refractivity contribution in [3.8, 4) is 11.8 Å². The lowest BCUT2D eigenvalue weighted by molar-refractivity contribution is 0.0539. The molecule has 0 radical (unpaired) electrons. The summed E-state index contributed by atoms with van der Waals surface area (Å²) in [7, 11) is 1.58. The van der Waals surface area contributed by atoms with Crippen LogP contribution in [0.25, 0.3) is 0 Å². The highest BCUT2D eigenvalue weighted by atomic mass is 16.5. The predicted molar refractivity (Wildman–Crippen MR) is 82.1 cm³/mol. The van der Waals surface area contributed by atoms with E-state index in [9.17, 15) is 0 Å². The summed E-state index contributed by atoms with van der Waals surface area (Å²) in [5.74, 6) is 1.77. The van der Waals surface area contributed by atoms with Crippen LogP contribution in [0.4, 0.5) is 0 Å². The van der Waals surface area contributed by atoms with Gasteiger partial charge < -0.3 is 14.8 Å². The van der Waals surface area contributed by atoms with Crippen molar-refractivity contribution in [3.63, 3.8) is 0 Å². The first-order valence-corrected chi connectivity index (χ1v) is 7.55. The van der Waals surface area contributed by atoms with Gasteiger partial charge in [0.2, 0.25) is 0 Å².